The zero-order chi connectivity index (χ0) is 28.9. The number of nitrogens with one attached hydrogen (secondary N) is 3. The summed E-state index contributed by atoms with van der Waals surface area (Å²) in [6, 6.07) is 16.0. The number of benzene rings is 2. The van der Waals surface area contributed by atoms with Gasteiger partial charge in [0.05, 0.1) is 34.1 Å². The zero-order valence-corrected chi connectivity index (χ0v) is 23.5. The Morgan fingerprint density at radius 2 is 1.83 bits per heavy atom. The van der Waals surface area contributed by atoms with E-state index in [9.17, 15) is 14.0 Å². The number of rotatable bonds is 10. The van der Waals surface area contributed by atoms with Crippen molar-refractivity contribution in [2.75, 3.05) is 19.0 Å². The SMILES string of the molecule is COc1nc(-c2cccc(-c3cccc(Nc4nccc(C=O)c4F)c3Cl)c2Cl)ccc1CNCC1CCC(=O)N1. The van der Waals surface area contributed by atoms with Gasteiger partial charge in [0.1, 0.15) is 0 Å². The first-order valence-corrected chi connectivity index (χ1v) is 13.6. The number of anilines is 2. The lowest BCUT2D eigenvalue weighted by molar-refractivity contribution is -0.119. The van der Waals surface area contributed by atoms with E-state index in [0.717, 1.165) is 12.0 Å². The first-order chi connectivity index (χ1) is 19.9. The Kier molecular flexibility index (Phi) is 8.78. The van der Waals surface area contributed by atoms with Gasteiger partial charge in [-0.1, -0.05) is 59.6 Å². The number of carbonyl (C=O) groups excluding carboxylic acids is 2. The van der Waals surface area contributed by atoms with E-state index in [-0.39, 0.29) is 23.3 Å². The van der Waals surface area contributed by atoms with Gasteiger partial charge >= 0.3 is 0 Å². The van der Waals surface area contributed by atoms with E-state index in [1.54, 1.807) is 25.3 Å². The molecule has 41 heavy (non-hydrogen) atoms. The number of hydrogen-bond donors (Lipinski definition) is 3. The number of amides is 1. The first-order valence-electron chi connectivity index (χ1n) is 12.9. The Bertz CT molecular complexity index is 1620. The molecule has 5 rings (SSSR count). The zero-order valence-electron chi connectivity index (χ0n) is 22.0. The van der Waals surface area contributed by atoms with Crippen LogP contribution in [0.5, 0.6) is 5.88 Å². The highest BCUT2D eigenvalue weighted by Crippen LogP contribution is 2.42. The molecule has 2 aromatic carbocycles. The number of ether oxygens (including phenoxy) is 1. The van der Waals surface area contributed by atoms with Crippen molar-refractivity contribution in [3.8, 4) is 28.3 Å². The van der Waals surface area contributed by atoms with Gasteiger partial charge in [-0.25, -0.2) is 14.4 Å². The van der Waals surface area contributed by atoms with Gasteiger partial charge in [0, 0.05) is 54.0 Å². The second-order valence-electron chi connectivity index (χ2n) is 9.44. The molecule has 0 bridgehead atoms. The fourth-order valence-corrected chi connectivity index (χ4v) is 5.28. The fraction of sp³-hybridized carbons (Fsp3) is 0.200. The Morgan fingerprint density at radius 1 is 1.07 bits per heavy atom. The molecule has 1 aliphatic rings. The number of hydrogen-bond acceptors (Lipinski definition) is 7. The molecule has 0 saturated carbocycles. The second-order valence-corrected chi connectivity index (χ2v) is 10.2. The van der Waals surface area contributed by atoms with Crippen molar-refractivity contribution in [1.29, 1.82) is 0 Å². The predicted molar refractivity (Wildman–Crippen MR) is 157 cm³/mol. The van der Waals surface area contributed by atoms with Crippen LogP contribution < -0.4 is 20.7 Å². The van der Waals surface area contributed by atoms with Gasteiger partial charge < -0.3 is 20.7 Å². The summed E-state index contributed by atoms with van der Waals surface area (Å²) in [7, 11) is 1.56. The minimum atomic E-state index is -0.770. The van der Waals surface area contributed by atoms with Gasteiger partial charge in [-0.2, -0.15) is 0 Å². The maximum atomic E-state index is 14.6. The lowest BCUT2D eigenvalue weighted by Gasteiger charge is -2.16. The number of nitrogens with zero attached hydrogens (tertiary/aromatic N) is 2. The average molecular weight is 594 g/mol. The van der Waals surface area contributed by atoms with E-state index < -0.39 is 5.82 Å². The molecule has 3 heterocycles. The van der Waals surface area contributed by atoms with Crippen molar-refractivity contribution in [3.63, 3.8) is 0 Å². The number of pyridine rings is 2. The van der Waals surface area contributed by atoms with Crippen molar-refractivity contribution in [2.24, 2.45) is 0 Å². The van der Waals surface area contributed by atoms with Crippen LogP contribution in [0.3, 0.4) is 0 Å². The predicted octanol–water partition coefficient (Wildman–Crippen LogP) is 6.19. The molecule has 1 amide bonds. The highest BCUT2D eigenvalue weighted by Gasteiger charge is 2.21. The lowest BCUT2D eigenvalue weighted by Crippen LogP contribution is -2.35. The van der Waals surface area contributed by atoms with Crippen LogP contribution in [0, 0.1) is 5.82 Å². The summed E-state index contributed by atoms with van der Waals surface area (Å²) in [5, 5.41) is 9.90. The molecule has 4 aromatic rings. The molecular formula is C30H26Cl2FN5O3. The van der Waals surface area contributed by atoms with Gasteiger partial charge in [0.15, 0.2) is 17.9 Å². The highest BCUT2D eigenvalue weighted by atomic mass is 35.5. The third-order valence-electron chi connectivity index (χ3n) is 6.79. The maximum Gasteiger partial charge on any atom is 0.220 e. The van der Waals surface area contributed by atoms with Crippen LogP contribution in [0.1, 0.15) is 28.8 Å². The van der Waals surface area contributed by atoms with E-state index >= 15 is 0 Å². The van der Waals surface area contributed by atoms with Crippen LogP contribution in [-0.2, 0) is 11.3 Å². The Labute approximate surface area is 246 Å². The van der Waals surface area contributed by atoms with Crippen LogP contribution in [0.2, 0.25) is 10.0 Å². The van der Waals surface area contributed by atoms with Gasteiger partial charge in [-0.15, -0.1) is 0 Å². The lowest BCUT2D eigenvalue weighted by atomic mass is 10.00. The topological polar surface area (TPSA) is 105 Å². The molecule has 1 atom stereocenters. The molecule has 0 spiro atoms. The van der Waals surface area contributed by atoms with E-state index in [0.29, 0.717) is 69.8 Å². The van der Waals surface area contributed by atoms with Crippen LogP contribution in [0.15, 0.2) is 60.8 Å². The molecular weight excluding hydrogens is 568 g/mol. The maximum absolute atomic E-state index is 14.6. The molecule has 1 fully saturated rings. The summed E-state index contributed by atoms with van der Waals surface area (Å²) in [6.07, 6.45) is 3.14. The Balaban J connectivity index is 1.40. The van der Waals surface area contributed by atoms with E-state index in [1.807, 2.05) is 30.3 Å². The number of aldehydes is 1. The molecule has 1 saturated heterocycles. The fourth-order valence-electron chi connectivity index (χ4n) is 4.68. The highest BCUT2D eigenvalue weighted by molar-refractivity contribution is 6.39. The molecule has 0 radical (unpaired) electrons. The quantitative estimate of drug-likeness (QED) is 0.188. The van der Waals surface area contributed by atoms with Crippen LogP contribution >= 0.6 is 23.2 Å². The van der Waals surface area contributed by atoms with Crippen LogP contribution in [0.4, 0.5) is 15.9 Å². The molecule has 3 N–H and O–H groups in total. The molecule has 11 heteroatoms. The third kappa shape index (κ3) is 6.17. The first kappa shape index (κ1) is 28.5. The number of carbonyl (C=O) groups is 2. The van der Waals surface area contributed by atoms with Gasteiger partial charge in [0.25, 0.3) is 0 Å². The van der Waals surface area contributed by atoms with Gasteiger partial charge in [-0.3, -0.25) is 9.59 Å². The summed E-state index contributed by atoms with van der Waals surface area (Å²) >= 11 is 13.7. The minimum Gasteiger partial charge on any atom is -0.481 e. The smallest absolute Gasteiger partial charge is 0.220 e. The minimum absolute atomic E-state index is 0.0825. The van der Waals surface area contributed by atoms with E-state index in [4.69, 9.17) is 32.9 Å². The number of halogens is 3. The molecule has 2 aromatic heterocycles. The van der Waals surface area contributed by atoms with E-state index in [1.165, 1.54) is 12.3 Å². The van der Waals surface area contributed by atoms with Crippen LogP contribution in [0.25, 0.3) is 22.4 Å². The summed E-state index contributed by atoms with van der Waals surface area (Å²) in [5.41, 5.74) is 3.71. The molecule has 0 aliphatic carbocycles. The van der Waals surface area contributed by atoms with Gasteiger partial charge in [0.2, 0.25) is 11.8 Å². The number of methoxy groups -OCH3 is 1. The van der Waals surface area contributed by atoms with Crippen molar-refractivity contribution >= 4 is 46.9 Å². The van der Waals surface area contributed by atoms with Crippen molar-refractivity contribution in [1.82, 2.24) is 20.6 Å². The Morgan fingerprint density at radius 3 is 2.56 bits per heavy atom. The standard InChI is InChI=1S/C30H26Cl2FN5O3/c1-41-30-17(14-34-15-19-9-11-25(40)36-19)8-10-23(38-30)22-6-2-4-20(26(22)31)21-5-3-7-24(27(21)32)37-29-28(33)18(16-39)12-13-35-29/h2-8,10,12-13,16,19,34H,9,11,14-15H2,1H3,(H,35,37)(H,36,40). The van der Waals surface area contributed by atoms with Crippen molar-refractivity contribution < 1.29 is 18.7 Å². The van der Waals surface area contributed by atoms with Crippen LogP contribution in [-0.4, -0.2) is 41.9 Å². The number of aromatic nitrogens is 2. The van der Waals surface area contributed by atoms with E-state index in [2.05, 4.69) is 20.9 Å². The molecule has 210 valence electrons. The monoisotopic (exact) mass is 593 g/mol. The summed E-state index contributed by atoms with van der Waals surface area (Å²) in [6.45, 7) is 1.18. The largest absolute Gasteiger partial charge is 0.481 e. The summed E-state index contributed by atoms with van der Waals surface area (Å²) in [5.74, 6) is -0.345. The van der Waals surface area contributed by atoms with Gasteiger partial charge in [-0.05, 0) is 24.6 Å². The average Bonchev–Trinajstić information content (AvgIpc) is 3.40. The summed E-state index contributed by atoms with van der Waals surface area (Å²) in [4.78, 5) is 31.2. The van der Waals surface area contributed by atoms with Crippen molar-refractivity contribution in [2.45, 2.75) is 25.4 Å². The second kappa shape index (κ2) is 12.6. The van der Waals surface area contributed by atoms with Crippen molar-refractivity contribution in [3.05, 3.63) is 87.8 Å². The molecule has 1 unspecified atom stereocenters. The Hall–Kier alpha value is -4.05. The summed E-state index contributed by atoms with van der Waals surface area (Å²) < 4.78 is 20.2. The molecule has 8 nitrogen and oxygen atoms in total. The third-order valence-corrected chi connectivity index (χ3v) is 7.60. The molecule has 1 aliphatic heterocycles. The normalized spacial score (nSPS) is 14.5.